The van der Waals surface area contributed by atoms with Crippen LogP contribution in [0.2, 0.25) is 0 Å². The zero-order chi connectivity index (χ0) is 19.6. The lowest BCUT2D eigenvalue weighted by Gasteiger charge is -2.44. The first-order chi connectivity index (χ1) is 12.6. The highest BCUT2D eigenvalue weighted by molar-refractivity contribution is 5.24. The molecule has 0 unspecified atom stereocenters. The minimum Gasteiger partial charge on any atom is -0.396 e. The standard InChI is InChI=1S/C21H34O6/c1-7-13(10-22)15-12(2)8-9-21(15)16(14-11-23-19(3,4)25-14)24-18-17(21)26-20(5,6)27-18/h13-18,22H,2,7-11H2,1,3-6H3/t13-,14-,15-,16-,17+,18-,21-/m1/s1. The molecule has 3 heterocycles. The maximum Gasteiger partial charge on any atom is 0.188 e. The fourth-order valence-corrected chi connectivity index (χ4v) is 5.87. The van der Waals surface area contributed by atoms with E-state index in [2.05, 4.69) is 13.5 Å². The van der Waals surface area contributed by atoms with Crippen molar-refractivity contribution in [3.8, 4) is 0 Å². The van der Waals surface area contributed by atoms with Crippen LogP contribution in [-0.2, 0) is 23.7 Å². The first kappa shape index (κ1) is 19.8. The summed E-state index contributed by atoms with van der Waals surface area (Å²) >= 11 is 0. The second-order valence-electron chi connectivity index (χ2n) is 9.45. The Labute approximate surface area is 162 Å². The van der Waals surface area contributed by atoms with Crippen molar-refractivity contribution in [2.45, 2.75) is 90.1 Å². The lowest BCUT2D eigenvalue weighted by Crippen LogP contribution is -2.52. The molecule has 6 heteroatoms. The largest absolute Gasteiger partial charge is 0.396 e. The van der Waals surface area contributed by atoms with E-state index in [0.29, 0.717) is 6.61 Å². The Kier molecular flexibility index (Phi) is 4.77. The first-order valence-corrected chi connectivity index (χ1v) is 10.2. The number of fused-ring (bicyclic) bond motifs is 2. The molecule has 1 aliphatic carbocycles. The van der Waals surface area contributed by atoms with Crippen LogP contribution in [0.15, 0.2) is 12.2 Å². The number of aliphatic hydroxyl groups is 1. The smallest absolute Gasteiger partial charge is 0.188 e. The third-order valence-corrected chi connectivity index (χ3v) is 6.89. The molecular weight excluding hydrogens is 348 g/mol. The van der Waals surface area contributed by atoms with E-state index < -0.39 is 17.9 Å². The van der Waals surface area contributed by atoms with Gasteiger partial charge >= 0.3 is 0 Å². The molecule has 3 saturated heterocycles. The van der Waals surface area contributed by atoms with E-state index in [0.717, 1.165) is 19.3 Å². The molecule has 154 valence electrons. The monoisotopic (exact) mass is 382 g/mol. The summed E-state index contributed by atoms with van der Waals surface area (Å²) in [6, 6.07) is 0. The Balaban J connectivity index is 1.75. The van der Waals surface area contributed by atoms with Gasteiger partial charge in [-0.3, -0.25) is 0 Å². The van der Waals surface area contributed by atoms with Crippen molar-refractivity contribution in [2.75, 3.05) is 13.2 Å². The normalized spacial score (nSPS) is 46.3. The van der Waals surface area contributed by atoms with Gasteiger partial charge in [0.05, 0.1) is 12.7 Å². The van der Waals surface area contributed by atoms with Gasteiger partial charge in [0.2, 0.25) is 0 Å². The molecule has 0 aromatic heterocycles. The van der Waals surface area contributed by atoms with Gasteiger partial charge in [-0.1, -0.05) is 25.5 Å². The Hall–Kier alpha value is -0.500. The second-order valence-corrected chi connectivity index (χ2v) is 9.45. The molecule has 27 heavy (non-hydrogen) atoms. The van der Waals surface area contributed by atoms with E-state index in [1.54, 1.807) is 0 Å². The summed E-state index contributed by atoms with van der Waals surface area (Å²) < 4.78 is 31.0. The third kappa shape index (κ3) is 3.00. The lowest BCUT2D eigenvalue weighted by atomic mass is 9.63. The Morgan fingerprint density at radius 1 is 1.11 bits per heavy atom. The molecule has 4 fully saturated rings. The molecule has 4 aliphatic rings. The van der Waals surface area contributed by atoms with Crippen molar-refractivity contribution >= 4 is 0 Å². The predicted octanol–water partition coefficient (Wildman–Crippen LogP) is 2.99. The maximum absolute atomic E-state index is 10.1. The molecule has 0 aromatic carbocycles. The maximum atomic E-state index is 10.1. The average Bonchev–Trinajstić information content (AvgIpc) is 3.27. The molecule has 0 radical (unpaired) electrons. The highest BCUT2D eigenvalue weighted by Crippen LogP contribution is 2.63. The van der Waals surface area contributed by atoms with Gasteiger partial charge in [0, 0.05) is 12.0 Å². The van der Waals surface area contributed by atoms with Crippen LogP contribution in [0.3, 0.4) is 0 Å². The van der Waals surface area contributed by atoms with Gasteiger partial charge in [-0.15, -0.1) is 0 Å². The number of allylic oxidation sites excluding steroid dienone is 1. The van der Waals surface area contributed by atoms with Crippen molar-refractivity contribution in [3.05, 3.63) is 12.2 Å². The van der Waals surface area contributed by atoms with E-state index >= 15 is 0 Å². The molecule has 0 amide bonds. The van der Waals surface area contributed by atoms with Crippen LogP contribution < -0.4 is 0 Å². The quantitative estimate of drug-likeness (QED) is 0.754. The minimum atomic E-state index is -0.686. The summed E-state index contributed by atoms with van der Waals surface area (Å²) in [4.78, 5) is 0. The summed E-state index contributed by atoms with van der Waals surface area (Å²) in [6.45, 7) is 14.8. The first-order valence-electron chi connectivity index (χ1n) is 10.2. The van der Waals surface area contributed by atoms with Crippen LogP contribution >= 0.6 is 0 Å². The van der Waals surface area contributed by atoms with E-state index in [1.807, 2.05) is 27.7 Å². The third-order valence-electron chi connectivity index (χ3n) is 6.89. The number of aliphatic hydroxyl groups excluding tert-OH is 1. The molecule has 1 saturated carbocycles. The van der Waals surface area contributed by atoms with Crippen LogP contribution in [0.25, 0.3) is 0 Å². The van der Waals surface area contributed by atoms with Gasteiger partial charge in [0.25, 0.3) is 0 Å². The summed E-state index contributed by atoms with van der Waals surface area (Å²) in [5.74, 6) is -1.08. The van der Waals surface area contributed by atoms with Crippen LogP contribution in [0.1, 0.15) is 53.9 Å². The average molecular weight is 382 g/mol. The van der Waals surface area contributed by atoms with Gasteiger partial charge in [-0.25, -0.2) is 0 Å². The molecule has 4 rings (SSSR count). The number of hydrogen-bond acceptors (Lipinski definition) is 6. The Bertz CT molecular complexity index is 597. The van der Waals surface area contributed by atoms with Gasteiger partial charge in [0.15, 0.2) is 17.9 Å². The highest BCUT2D eigenvalue weighted by Gasteiger charge is 2.70. The Morgan fingerprint density at radius 3 is 2.44 bits per heavy atom. The molecule has 1 spiro atoms. The highest BCUT2D eigenvalue weighted by atomic mass is 16.8. The van der Waals surface area contributed by atoms with E-state index in [4.69, 9.17) is 23.7 Å². The molecule has 7 atom stereocenters. The fraction of sp³-hybridized carbons (Fsp3) is 0.905. The molecule has 3 aliphatic heterocycles. The SMILES string of the molecule is C=C1CC[C@]2([C@@H]([C@H]3COC(C)(C)O3)O[C@@H]3OC(C)(C)O[C@@H]32)[C@H]1[C@H](CC)CO. The number of hydrogen-bond donors (Lipinski definition) is 1. The Morgan fingerprint density at radius 2 is 1.85 bits per heavy atom. The van der Waals surface area contributed by atoms with Crippen LogP contribution in [0.4, 0.5) is 0 Å². The van der Waals surface area contributed by atoms with E-state index in [9.17, 15) is 5.11 Å². The molecule has 1 N–H and O–H groups in total. The van der Waals surface area contributed by atoms with Gasteiger partial charge in [-0.2, -0.15) is 0 Å². The lowest BCUT2D eigenvalue weighted by molar-refractivity contribution is -0.241. The second kappa shape index (κ2) is 6.51. The molecule has 6 nitrogen and oxygen atoms in total. The number of ether oxygens (including phenoxy) is 5. The van der Waals surface area contributed by atoms with Crippen molar-refractivity contribution in [1.29, 1.82) is 0 Å². The van der Waals surface area contributed by atoms with Crippen LogP contribution in [0.5, 0.6) is 0 Å². The van der Waals surface area contributed by atoms with Crippen molar-refractivity contribution in [1.82, 2.24) is 0 Å². The summed E-state index contributed by atoms with van der Waals surface area (Å²) in [5.41, 5.74) is 0.851. The van der Waals surface area contributed by atoms with Crippen molar-refractivity contribution in [2.24, 2.45) is 17.3 Å². The van der Waals surface area contributed by atoms with Crippen LogP contribution in [-0.4, -0.2) is 54.5 Å². The van der Waals surface area contributed by atoms with Gasteiger partial charge < -0.3 is 28.8 Å². The fourth-order valence-electron chi connectivity index (χ4n) is 5.87. The zero-order valence-corrected chi connectivity index (χ0v) is 17.2. The summed E-state index contributed by atoms with van der Waals surface area (Å²) in [7, 11) is 0. The molecular formula is C21H34O6. The number of rotatable bonds is 4. The van der Waals surface area contributed by atoms with Crippen molar-refractivity contribution in [3.63, 3.8) is 0 Å². The predicted molar refractivity (Wildman–Crippen MR) is 98.8 cm³/mol. The summed E-state index contributed by atoms with van der Waals surface area (Å²) in [6.07, 6.45) is 1.66. The van der Waals surface area contributed by atoms with E-state index in [-0.39, 0.29) is 42.2 Å². The van der Waals surface area contributed by atoms with Gasteiger partial charge in [-0.05, 0) is 52.4 Å². The molecule has 0 bridgehead atoms. The molecule has 0 aromatic rings. The van der Waals surface area contributed by atoms with Gasteiger partial charge in [0.1, 0.15) is 12.2 Å². The summed E-state index contributed by atoms with van der Waals surface area (Å²) in [5, 5.41) is 10.1. The van der Waals surface area contributed by atoms with Crippen LogP contribution in [0, 0.1) is 17.3 Å². The van der Waals surface area contributed by atoms with E-state index in [1.165, 1.54) is 5.57 Å². The zero-order valence-electron chi connectivity index (χ0n) is 17.2. The van der Waals surface area contributed by atoms with Crippen molar-refractivity contribution < 1.29 is 28.8 Å². The topological polar surface area (TPSA) is 66.4 Å². The minimum absolute atomic E-state index is 0.109.